The Morgan fingerprint density at radius 1 is 0.973 bits per heavy atom. The summed E-state index contributed by atoms with van der Waals surface area (Å²) in [6.45, 7) is 20.5. The zero-order valence-corrected chi connectivity index (χ0v) is 28.3. The van der Waals surface area contributed by atoms with E-state index in [2.05, 4.69) is 84.7 Å². The van der Waals surface area contributed by atoms with Crippen LogP contribution in [0.2, 0.25) is 51.4 Å². The van der Waals surface area contributed by atoms with E-state index in [0.717, 1.165) is 46.9 Å². The van der Waals surface area contributed by atoms with Crippen LogP contribution in [-0.2, 0) is 9.47 Å². The van der Waals surface area contributed by atoms with Crippen LogP contribution in [0.5, 0.6) is 0 Å². The van der Waals surface area contributed by atoms with E-state index in [-0.39, 0.29) is 0 Å². The zero-order chi connectivity index (χ0) is 26.8. The average molecular weight is 658 g/mol. The van der Waals surface area contributed by atoms with E-state index in [1.807, 2.05) is 10.7 Å². The van der Waals surface area contributed by atoms with E-state index in [9.17, 15) is 0 Å². The lowest BCUT2D eigenvalue weighted by molar-refractivity contribution is 0.0941. The predicted molar refractivity (Wildman–Crippen MR) is 167 cm³/mol. The predicted octanol–water partition coefficient (Wildman–Crippen LogP) is 6.50. The average Bonchev–Trinajstić information content (AvgIpc) is 3.31. The minimum Gasteiger partial charge on any atom is -0.361 e. The second-order valence-corrected chi connectivity index (χ2v) is 25.8. The molecule has 2 aromatic heterocycles. The van der Waals surface area contributed by atoms with Crippen molar-refractivity contribution < 1.29 is 9.47 Å². The normalized spacial score (nSPS) is 22.8. The molecule has 2 aliphatic heterocycles. The molecule has 0 radical (unpaired) electrons. The molecule has 0 aromatic carbocycles. The first-order chi connectivity index (χ1) is 17.4. The Morgan fingerprint density at radius 2 is 1.54 bits per heavy atom. The molecule has 2 bridgehead atoms. The maximum atomic E-state index is 6.26. The SMILES string of the molecule is CCN1C2CC[C@@H]1CC(c1cc(N(COCC[Si](C)(C)C)COCC[Si](C)(C)C)n3ncc(I)c3n1)C2. The number of rotatable bonds is 13. The first kappa shape index (κ1) is 29.4. The largest absolute Gasteiger partial charge is 0.361 e. The number of hydrogen-bond donors (Lipinski definition) is 0. The molecular formula is C27H48IN5O2Si2. The van der Waals surface area contributed by atoms with Crippen LogP contribution >= 0.6 is 22.6 Å². The number of hydrogen-bond acceptors (Lipinski definition) is 6. The van der Waals surface area contributed by atoms with Gasteiger partial charge in [-0.25, -0.2) is 4.98 Å². The van der Waals surface area contributed by atoms with E-state index >= 15 is 0 Å². The molecule has 208 valence electrons. The number of fused-ring (bicyclic) bond motifs is 3. The standard InChI is InChI=1S/C27H48IN5O2Si2/c1-8-32-22-9-10-23(32)16-21(15-22)25-17-26(33-27(30-25)24(28)18-29-33)31(19-34-11-13-36(2,3)4)20-35-12-14-37(5,6)7/h17-18,21-23H,8-16,19-20H2,1-7H3/t21?,22-,23?/m1/s1. The summed E-state index contributed by atoms with van der Waals surface area (Å²) in [6, 6.07) is 6.00. The smallest absolute Gasteiger partial charge is 0.171 e. The van der Waals surface area contributed by atoms with Crippen LogP contribution in [0.1, 0.15) is 44.2 Å². The monoisotopic (exact) mass is 657 g/mol. The molecule has 0 saturated carbocycles. The molecule has 10 heteroatoms. The van der Waals surface area contributed by atoms with Crippen LogP contribution in [0.25, 0.3) is 5.65 Å². The van der Waals surface area contributed by atoms with Crippen molar-refractivity contribution in [3.05, 3.63) is 21.5 Å². The Labute approximate surface area is 239 Å². The molecule has 4 rings (SSSR count). The highest BCUT2D eigenvalue weighted by atomic mass is 127. The fourth-order valence-electron chi connectivity index (χ4n) is 5.68. The Hall–Kier alpha value is -0.536. The number of nitrogens with zero attached hydrogens (tertiary/aromatic N) is 5. The summed E-state index contributed by atoms with van der Waals surface area (Å²) < 4.78 is 15.6. The van der Waals surface area contributed by atoms with Gasteiger partial charge >= 0.3 is 0 Å². The number of ether oxygens (including phenoxy) is 2. The van der Waals surface area contributed by atoms with Crippen molar-refractivity contribution in [3.8, 4) is 0 Å². The van der Waals surface area contributed by atoms with Crippen molar-refractivity contribution in [2.24, 2.45) is 0 Å². The van der Waals surface area contributed by atoms with Gasteiger partial charge in [0.2, 0.25) is 0 Å². The summed E-state index contributed by atoms with van der Waals surface area (Å²) in [5.41, 5.74) is 2.16. The van der Waals surface area contributed by atoms with Crippen LogP contribution in [0.3, 0.4) is 0 Å². The molecule has 0 N–H and O–H groups in total. The first-order valence-electron chi connectivity index (χ1n) is 14.2. The highest BCUT2D eigenvalue weighted by Crippen LogP contribution is 2.43. The summed E-state index contributed by atoms with van der Waals surface area (Å²) in [4.78, 5) is 10.1. The van der Waals surface area contributed by atoms with Crippen molar-refractivity contribution >= 4 is 50.2 Å². The summed E-state index contributed by atoms with van der Waals surface area (Å²) in [7, 11) is -2.30. The highest BCUT2D eigenvalue weighted by Gasteiger charge is 2.41. The minimum atomic E-state index is -1.15. The van der Waals surface area contributed by atoms with Crippen LogP contribution in [-0.4, -0.2) is 80.9 Å². The molecule has 0 amide bonds. The minimum absolute atomic E-state index is 0.497. The lowest BCUT2D eigenvalue weighted by Gasteiger charge is -2.38. The number of piperidine rings is 1. The molecule has 0 aliphatic carbocycles. The number of halogens is 1. The fraction of sp³-hybridized carbons (Fsp3) is 0.778. The van der Waals surface area contributed by atoms with Gasteiger partial charge in [-0.3, -0.25) is 4.90 Å². The topological polar surface area (TPSA) is 55.1 Å². The fourth-order valence-corrected chi connectivity index (χ4v) is 7.67. The Balaban J connectivity index is 1.58. The third-order valence-electron chi connectivity index (χ3n) is 7.91. The van der Waals surface area contributed by atoms with Gasteiger partial charge in [-0.05, 0) is 66.9 Å². The molecular weight excluding hydrogens is 609 g/mol. The quantitative estimate of drug-likeness (QED) is 0.106. The maximum Gasteiger partial charge on any atom is 0.171 e. The second-order valence-electron chi connectivity index (χ2n) is 13.4. The number of anilines is 1. The molecule has 2 aromatic rings. The van der Waals surface area contributed by atoms with E-state index in [1.165, 1.54) is 31.4 Å². The van der Waals surface area contributed by atoms with Gasteiger partial charge in [-0.1, -0.05) is 46.2 Å². The van der Waals surface area contributed by atoms with Gasteiger partial charge in [0.25, 0.3) is 0 Å². The van der Waals surface area contributed by atoms with E-state index in [1.54, 1.807) is 0 Å². The van der Waals surface area contributed by atoms with E-state index in [4.69, 9.17) is 19.6 Å². The highest BCUT2D eigenvalue weighted by molar-refractivity contribution is 14.1. The summed E-state index contributed by atoms with van der Waals surface area (Å²) in [6.07, 6.45) is 7.00. The van der Waals surface area contributed by atoms with Crippen molar-refractivity contribution in [2.45, 2.75) is 102 Å². The van der Waals surface area contributed by atoms with Crippen molar-refractivity contribution in [1.82, 2.24) is 19.5 Å². The molecule has 2 aliphatic rings. The Morgan fingerprint density at radius 3 is 2.05 bits per heavy atom. The maximum absolute atomic E-state index is 6.26. The number of aromatic nitrogens is 3. The summed E-state index contributed by atoms with van der Waals surface area (Å²) >= 11 is 2.37. The van der Waals surface area contributed by atoms with Crippen molar-refractivity contribution in [3.63, 3.8) is 0 Å². The molecule has 37 heavy (non-hydrogen) atoms. The van der Waals surface area contributed by atoms with Crippen LogP contribution in [0.4, 0.5) is 5.82 Å². The van der Waals surface area contributed by atoms with Crippen LogP contribution in [0, 0.1) is 3.57 Å². The van der Waals surface area contributed by atoms with Gasteiger partial charge in [0.1, 0.15) is 19.3 Å². The molecule has 0 spiro atoms. The third-order valence-corrected chi connectivity index (χ3v) is 12.1. The Bertz CT molecular complexity index is 1000. The molecule has 3 atom stereocenters. The van der Waals surface area contributed by atoms with Crippen LogP contribution < -0.4 is 4.90 Å². The second kappa shape index (κ2) is 12.3. The summed E-state index contributed by atoms with van der Waals surface area (Å²) in [5.74, 6) is 1.53. The van der Waals surface area contributed by atoms with Gasteiger partial charge in [0.05, 0.1) is 9.77 Å². The van der Waals surface area contributed by atoms with Crippen molar-refractivity contribution in [2.75, 3.05) is 38.1 Å². The molecule has 2 unspecified atom stereocenters. The lowest BCUT2D eigenvalue weighted by atomic mass is 9.88. The molecule has 2 saturated heterocycles. The first-order valence-corrected chi connectivity index (χ1v) is 22.6. The van der Waals surface area contributed by atoms with Gasteiger partial charge in [0.15, 0.2) is 5.65 Å². The lowest BCUT2D eigenvalue weighted by Crippen LogP contribution is -2.42. The zero-order valence-electron chi connectivity index (χ0n) is 24.1. The van der Waals surface area contributed by atoms with Gasteiger partial charge < -0.3 is 14.4 Å². The van der Waals surface area contributed by atoms with Crippen molar-refractivity contribution in [1.29, 1.82) is 0 Å². The van der Waals surface area contributed by atoms with Gasteiger partial charge in [-0.2, -0.15) is 9.61 Å². The third kappa shape index (κ3) is 7.78. The van der Waals surface area contributed by atoms with Crippen LogP contribution in [0.15, 0.2) is 12.3 Å². The molecule has 4 heterocycles. The van der Waals surface area contributed by atoms with Gasteiger partial charge in [-0.15, -0.1) is 0 Å². The molecule has 7 nitrogen and oxygen atoms in total. The van der Waals surface area contributed by atoms with E-state index in [0.29, 0.717) is 31.5 Å². The van der Waals surface area contributed by atoms with Gasteiger partial charge in [0, 0.05) is 59.1 Å². The molecule has 2 fully saturated rings. The summed E-state index contributed by atoms with van der Waals surface area (Å²) in [5, 5.41) is 4.73. The van der Waals surface area contributed by atoms with E-state index < -0.39 is 16.1 Å². The Kier molecular flexibility index (Phi) is 9.81.